The fourth-order valence-electron chi connectivity index (χ4n) is 3.28. The van der Waals surface area contributed by atoms with Gasteiger partial charge in [-0.05, 0) is 23.3 Å². The van der Waals surface area contributed by atoms with Crippen LogP contribution in [-0.2, 0) is 11.3 Å². The number of nitriles is 1. The number of nitrogens with zero attached hydrogens (tertiary/aromatic N) is 3. The topological polar surface area (TPSA) is 56.6 Å². The van der Waals surface area contributed by atoms with Crippen LogP contribution in [0.15, 0.2) is 54.6 Å². The van der Waals surface area contributed by atoms with Gasteiger partial charge in [0.1, 0.15) is 6.04 Å². The second-order valence-corrected chi connectivity index (χ2v) is 6.40. The van der Waals surface area contributed by atoms with Gasteiger partial charge in [-0.1, -0.05) is 42.5 Å². The lowest BCUT2D eigenvalue weighted by molar-refractivity contribution is 0.0606. The van der Waals surface area contributed by atoms with Crippen molar-refractivity contribution in [3.8, 4) is 6.07 Å². The molecule has 0 aromatic heterocycles. The maximum absolute atomic E-state index is 12.7. The lowest BCUT2D eigenvalue weighted by Gasteiger charge is -2.37. The minimum absolute atomic E-state index is 0.0434. The molecule has 2 aromatic rings. The molecular weight excluding hydrogens is 326 g/mol. The van der Waals surface area contributed by atoms with E-state index in [4.69, 9.17) is 4.74 Å². The molecule has 1 aliphatic rings. The Morgan fingerprint density at radius 1 is 1.08 bits per heavy atom. The van der Waals surface area contributed by atoms with Crippen LogP contribution in [0.3, 0.4) is 0 Å². The standard InChI is InChI=1S/C21H23N3O2/c1-26-16-17-7-9-19(10-8-17)21(25)24-13-11-23(12-14-24)20(15-22)18-5-3-2-4-6-18/h2-10,20H,11-14,16H2,1H3. The van der Waals surface area contributed by atoms with Gasteiger partial charge in [-0.2, -0.15) is 5.26 Å². The number of ether oxygens (including phenoxy) is 1. The van der Waals surface area contributed by atoms with E-state index < -0.39 is 0 Å². The van der Waals surface area contributed by atoms with E-state index in [1.807, 2.05) is 59.5 Å². The molecule has 0 aliphatic carbocycles. The van der Waals surface area contributed by atoms with E-state index in [-0.39, 0.29) is 11.9 Å². The SMILES string of the molecule is COCc1ccc(C(=O)N2CCN(C(C#N)c3ccccc3)CC2)cc1. The summed E-state index contributed by atoms with van der Waals surface area (Å²) in [5.41, 5.74) is 2.75. The van der Waals surface area contributed by atoms with Gasteiger partial charge in [0.05, 0.1) is 12.7 Å². The van der Waals surface area contributed by atoms with Crippen molar-refractivity contribution >= 4 is 5.91 Å². The molecule has 2 aromatic carbocycles. The van der Waals surface area contributed by atoms with Gasteiger partial charge in [-0.15, -0.1) is 0 Å². The molecule has 1 amide bonds. The first-order valence-corrected chi connectivity index (χ1v) is 8.78. The number of rotatable bonds is 5. The monoisotopic (exact) mass is 349 g/mol. The highest BCUT2D eigenvalue weighted by atomic mass is 16.5. The van der Waals surface area contributed by atoms with Gasteiger partial charge in [0.2, 0.25) is 0 Å². The van der Waals surface area contributed by atoms with E-state index in [1.165, 1.54) is 0 Å². The van der Waals surface area contributed by atoms with Crippen LogP contribution in [-0.4, -0.2) is 49.0 Å². The molecule has 1 atom stereocenters. The molecule has 0 saturated carbocycles. The van der Waals surface area contributed by atoms with Crippen LogP contribution in [0.5, 0.6) is 0 Å². The van der Waals surface area contributed by atoms with Crippen LogP contribution >= 0.6 is 0 Å². The van der Waals surface area contributed by atoms with Crippen LogP contribution in [0.2, 0.25) is 0 Å². The number of amides is 1. The normalized spacial score (nSPS) is 16.1. The third kappa shape index (κ3) is 4.10. The molecule has 1 unspecified atom stereocenters. The Labute approximate surface area is 154 Å². The minimum atomic E-state index is -0.262. The Bertz CT molecular complexity index is 760. The molecule has 1 fully saturated rings. The van der Waals surface area contributed by atoms with Gasteiger partial charge in [0.15, 0.2) is 0 Å². The summed E-state index contributed by atoms with van der Waals surface area (Å²) in [7, 11) is 1.66. The maximum Gasteiger partial charge on any atom is 0.253 e. The average molecular weight is 349 g/mol. The second kappa shape index (κ2) is 8.61. The predicted octanol–water partition coefficient (Wildman–Crippen LogP) is 2.86. The molecule has 0 N–H and O–H groups in total. The second-order valence-electron chi connectivity index (χ2n) is 6.40. The summed E-state index contributed by atoms with van der Waals surface area (Å²) in [4.78, 5) is 16.7. The smallest absolute Gasteiger partial charge is 0.253 e. The molecule has 1 heterocycles. The number of carbonyl (C=O) groups excluding carboxylic acids is 1. The fourth-order valence-corrected chi connectivity index (χ4v) is 3.28. The van der Waals surface area contributed by atoms with E-state index in [0.29, 0.717) is 38.3 Å². The highest BCUT2D eigenvalue weighted by molar-refractivity contribution is 5.94. The lowest BCUT2D eigenvalue weighted by Crippen LogP contribution is -2.49. The van der Waals surface area contributed by atoms with Crippen molar-refractivity contribution in [3.63, 3.8) is 0 Å². The Kier molecular flexibility index (Phi) is 6.00. The molecule has 0 bridgehead atoms. The Morgan fingerprint density at radius 3 is 2.31 bits per heavy atom. The lowest BCUT2D eigenvalue weighted by atomic mass is 10.1. The maximum atomic E-state index is 12.7. The Morgan fingerprint density at radius 2 is 1.73 bits per heavy atom. The molecule has 1 saturated heterocycles. The third-order valence-corrected chi connectivity index (χ3v) is 4.72. The highest BCUT2D eigenvalue weighted by Crippen LogP contribution is 2.22. The van der Waals surface area contributed by atoms with E-state index in [1.54, 1.807) is 7.11 Å². The van der Waals surface area contributed by atoms with E-state index >= 15 is 0 Å². The molecule has 1 aliphatic heterocycles. The zero-order valence-electron chi connectivity index (χ0n) is 15.0. The third-order valence-electron chi connectivity index (χ3n) is 4.72. The zero-order valence-corrected chi connectivity index (χ0v) is 15.0. The highest BCUT2D eigenvalue weighted by Gasteiger charge is 2.27. The van der Waals surface area contributed by atoms with Crippen LogP contribution < -0.4 is 0 Å². The van der Waals surface area contributed by atoms with Crippen molar-refractivity contribution in [2.45, 2.75) is 12.6 Å². The quantitative estimate of drug-likeness (QED) is 0.833. The number of carbonyl (C=O) groups is 1. The zero-order chi connectivity index (χ0) is 18.4. The predicted molar refractivity (Wildman–Crippen MR) is 99.4 cm³/mol. The first kappa shape index (κ1) is 18.1. The average Bonchev–Trinajstić information content (AvgIpc) is 2.70. The molecule has 3 rings (SSSR count). The summed E-state index contributed by atoms with van der Waals surface area (Å²) in [5, 5.41) is 9.57. The first-order valence-electron chi connectivity index (χ1n) is 8.78. The summed E-state index contributed by atoms with van der Waals surface area (Å²) < 4.78 is 5.10. The number of hydrogen-bond acceptors (Lipinski definition) is 4. The van der Waals surface area contributed by atoms with E-state index in [0.717, 1.165) is 11.1 Å². The van der Waals surface area contributed by atoms with Gasteiger partial charge in [-0.3, -0.25) is 9.69 Å². The molecule has 26 heavy (non-hydrogen) atoms. The Hall–Kier alpha value is -2.68. The Balaban J connectivity index is 1.61. The van der Waals surface area contributed by atoms with Crippen molar-refractivity contribution in [1.82, 2.24) is 9.80 Å². The molecule has 0 spiro atoms. The first-order chi connectivity index (χ1) is 12.7. The van der Waals surface area contributed by atoms with E-state index in [2.05, 4.69) is 11.0 Å². The largest absolute Gasteiger partial charge is 0.380 e. The molecule has 5 heteroatoms. The van der Waals surface area contributed by atoms with Crippen LogP contribution in [0.4, 0.5) is 0 Å². The summed E-state index contributed by atoms with van der Waals surface area (Å²) in [6.45, 7) is 3.19. The molecule has 5 nitrogen and oxygen atoms in total. The van der Waals surface area contributed by atoms with Gasteiger partial charge in [0, 0.05) is 38.9 Å². The van der Waals surface area contributed by atoms with Gasteiger partial charge >= 0.3 is 0 Å². The van der Waals surface area contributed by atoms with Gasteiger partial charge < -0.3 is 9.64 Å². The van der Waals surface area contributed by atoms with Crippen molar-refractivity contribution in [2.24, 2.45) is 0 Å². The fraction of sp³-hybridized carbons (Fsp3) is 0.333. The summed E-state index contributed by atoms with van der Waals surface area (Å²) in [6, 6.07) is 19.5. The number of methoxy groups -OCH3 is 1. The van der Waals surface area contributed by atoms with Crippen molar-refractivity contribution in [3.05, 3.63) is 71.3 Å². The van der Waals surface area contributed by atoms with Crippen LogP contribution in [0.25, 0.3) is 0 Å². The van der Waals surface area contributed by atoms with Crippen molar-refractivity contribution in [2.75, 3.05) is 33.3 Å². The molecule has 134 valence electrons. The van der Waals surface area contributed by atoms with Crippen molar-refractivity contribution in [1.29, 1.82) is 5.26 Å². The summed E-state index contributed by atoms with van der Waals surface area (Å²) >= 11 is 0. The van der Waals surface area contributed by atoms with Gasteiger partial charge in [0.25, 0.3) is 5.91 Å². The molecule has 0 radical (unpaired) electrons. The van der Waals surface area contributed by atoms with Crippen molar-refractivity contribution < 1.29 is 9.53 Å². The summed E-state index contributed by atoms with van der Waals surface area (Å²) in [6.07, 6.45) is 0. The van der Waals surface area contributed by atoms with Gasteiger partial charge in [-0.25, -0.2) is 0 Å². The number of hydrogen-bond donors (Lipinski definition) is 0. The molecular formula is C21H23N3O2. The van der Waals surface area contributed by atoms with Crippen LogP contribution in [0, 0.1) is 11.3 Å². The summed E-state index contributed by atoms with van der Waals surface area (Å²) in [5.74, 6) is 0.0434. The van der Waals surface area contributed by atoms with E-state index in [9.17, 15) is 10.1 Å². The van der Waals surface area contributed by atoms with Crippen LogP contribution in [0.1, 0.15) is 27.5 Å². The number of piperazine rings is 1. The number of benzene rings is 2. The minimum Gasteiger partial charge on any atom is -0.380 e.